The number of carbonyl (C=O) groups is 1. The maximum absolute atomic E-state index is 11.7. The molecule has 1 fully saturated rings. The quantitative estimate of drug-likeness (QED) is 0.841. The lowest BCUT2D eigenvalue weighted by molar-refractivity contribution is 0.0517. The third kappa shape index (κ3) is 5.97. The number of nitrogens with one attached hydrogen (secondary N) is 2. The van der Waals surface area contributed by atoms with Gasteiger partial charge >= 0.3 is 6.09 Å². The van der Waals surface area contributed by atoms with Gasteiger partial charge in [0.1, 0.15) is 5.60 Å². The Hall–Kier alpha value is -1.07. The van der Waals surface area contributed by atoms with Crippen molar-refractivity contribution < 1.29 is 9.53 Å². The zero-order valence-electron chi connectivity index (χ0n) is 13.9. The van der Waals surface area contributed by atoms with Crippen molar-refractivity contribution in [2.75, 3.05) is 13.1 Å². The molecule has 2 N–H and O–H groups in total. The van der Waals surface area contributed by atoms with Crippen molar-refractivity contribution in [2.45, 2.75) is 58.1 Å². The first-order chi connectivity index (χ1) is 10.4. The van der Waals surface area contributed by atoms with Crippen LogP contribution in [0.15, 0.2) is 16.8 Å². The van der Waals surface area contributed by atoms with Crippen molar-refractivity contribution in [2.24, 2.45) is 5.92 Å². The van der Waals surface area contributed by atoms with Crippen LogP contribution in [-0.4, -0.2) is 30.8 Å². The number of hydrogen-bond donors (Lipinski definition) is 2. The molecule has 0 bridgehead atoms. The van der Waals surface area contributed by atoms with Crippen molar-refractivity contribution in [1.82, 2.24) is 10.6 Å². The lowest BCUT2D eigenvalue weighted by Crippen LogP contribution is -2.41. The summed E-state index contributed by atoms with van der Waals surface area (Å²) in [5, 5.41) is 10.9. The monoisotopic (exact) mass is 324 g/mol. The molecule has 0 spiro atoms. The second kappa shape index (κ2) is 7.97. The van der Waals surface area contributed by atoms with Crippen LogP contribution in [0.25, 0.3) is 0 Å². The molecular weight excluding hydrogens is 296 g/mol. The molecule has 1 amide bonds. The Labute approximate surface area is 137 Å². The molecule has 1 heterocycles. The van der Waals surface area contributed by atoms with E-state index in [0.29, 0.717) is 18.5 Å². The first kappa shape index (κ1) is 17.3. The summed E-state index contributed by atoms with van der Waals surface area (Å²) in [6, 6.07) is 2.69. The highest BCUT2D eigenvalue weighted by molar-refractivity contribution is 7.07. The molecule has 0 aliphatic heterocycles. The Morgan fingerprint density at radius 1 is 1.41 bits per heavy atom. The third-order valence-electron chi connectivity index (χ3n) is 3.97. The molecule has 2 unspecified atom stereocenters. The molecule has 1 aliphatic carbocycles. The van der Waals surface area contributed by atoms with Gasteiger partial charge in [-0.1, -0.05) is 6.42 Å². The van der Waals surface area contributed by atoms with E-state index in [-0.39, 0.29) is 6.09 Å². The number of ether oxygens (including phenoxy) is 1. The number of hydrogen-bond acceptors (Lipinski definition) is 4. The predicted molar refractivity (Wildman–Crippen MR) is 91.4 cm³/mol. The Kier molecular flexibility index (Phi) is 6.26. The van der Waals surface area contributed by atoms with Gasteiger partial charge in [0.15, 0.2) is 0 Å². The van der Waals surface area contributed by atoms with Gasteiger partial charge in [-0.3, -0.25) is 0 Å². The van der Waals surface area contributed by atoms with Gasteiger partial charge in [-0.05, 0) is 74.9 Å². The Balaban J connectivity index is 1.68. The summed E-state index contributed by atoms with van der Waals surface area (Å²) in [7, 11) is 0. The van der Waals surface area contributed by atoms with Crippen LogP contribution in [0.1, 0.15) is 45.6 Å². The van der Waals surface area contributed by atoms with E-state index < -0.39 is 5.60 Å². The summed E-state index contributed by atoms with van der Waals surface area (Å²) in [6.07, 6.45) is 4.37. The minimum Gasteiger partial charge on any atom is -0.444 e. The average molecular weight is 324 g/mol. The maximum atomic E-state index is 11.7. The van der Waals surface area contributed by atoms with Crippen molar-refractivity contribution in [3.05, 3.63) is 22.4 Å². The highest BCUT2D eigenvalue weighted by Crippen LogP contribution is 2.25. The minimum atomic E-state index is -0.433. The largest absolute Gasteiger partial charge is 0.444 e. The molecule has 1 saturated carbocycles. The van der Waals surface area contributed by atoms with Gasteiger partial charge in [0.05, 0.1) is 0 Å². The summed E-state index contributed by atoms with van der Waals surface area (Å²) < 4.78 is 5.29. The topological polar surface area (TPSA) is 50.4 Å². The fourth-order valence-electron chi connectivity index (χ4n) is 2.92. The Bertz CT molecular complexity index is 454. The van der Waals surface area contributed by atoms with Gasteiger partial charge in [0.25, 0.3) is 0 Å². The van der Waals surface area contributed by atoms with Crippen LogP contribution in [0.5, 0.6) is 0 Å². The van der Waals surface area contributed by atoms with E-state index in [4.69, 9.17) is 4.74 Å². The van der Waals surface area contributed by atoms with E-state index in [9.17, 15) is 4.79 Å². The average Bonchev–Trinajstić information content (AvgIpc) is 3.06. The van der Waals surface area contributed by atoms with E-state index in [1.807, 2.05) is 20.8 Å². The Morgan fingerprint density at radius 2 is 2.23 bits per heavy atom. The van der Waals surface area contributed by atoms with Gasteiger partial charge in [0, 0.05) is 12.6 Å². The number of rotatable bonds is 6. The molecular formula is C17H28N2O2S. The molecule has 0 saturated heterocycles. The molecule has 124 valence electrons. The zero-order valence-corrected chi connectivity index (χ0v) is 14.7. The summed E-state index contributed by atoms with van der Waals surface area (Å²) >= 11 is 1.75. The molecule has 22 heavy (non-hydrogen) atoms. The highest BCUT2D eigenvalue weighted by Gasteiger charge is 2.27. The molecule has 0 radical (unpaired) electrons. The molecule has 2 atom stereocenters. The number of carbonyl (C=O) groups excluding carboxylic acids is 1. The van der Waals surface area contributed by atoms with Crippen LogP contribution in [0, 0.1) is 5.92 Å². The predicted octanol–water partition coefficient (Wildman–Crippen LogP) is 3.57. The van der Waals surface area contributed by atoms with Crippen LogP contribution < -0.4 is 10.6 Å². The SMILES string of the molecule is CC(C)(C)OC(=O)NCC1CCCC1NCCc1ccsc1. The van der Waals surface area contributed by atoms with Crippen molar-refractivity contribution in [1.29, 1.82) is 0 Å². The van der Waals surface area contributed by atoms with Crippen LogP contribution in [0.4, 0.5) is 4.79 Å². The molecule has 1 aromatic heterocycles. The fraction of sp³-hybridized carbons (Fsp3) is 0.706. The fourth-order valence-corrected chi connectivity index (χ4v) is 3.62. The molecule has 0 aromatic carbocycles. The van der Waals surface area contributed by atoms with Crippen LogP contribution in [0.3, 0.4) is 0 Å². The van der Waals surface area contributed by atoms with Crippen molar-refractivity contribution in [3.8, 4) is 0 Å². The first-order valence-electron chi connectivity index (χ1n) is 8.15. The van der Waals surface area contributed by atoms with Crippen molar-refractivity contribution >= 4 is 17.4 Å². The van der Waals surface area contributed by atoms with E-state index >= 15 is 0 Å². The Morgan fingerprint density at radius 3 is 2.91 bits per heavy atom. The number of alkyl carbamates (subject to hydrolysis) is 1. The zero-order chi connectivity index (χ0) is 16.0. The number of thiophene rings is 1. The first-order valence-corrected chi connectivity index (χ1v) is 9.09. The van der Waals surface area contributed by atoms with E-state index in [1.54, 1.807) is 11.3 Å². The minimum absolute atomic E-state index is 0.309. The van der Waals surface area contributed by atoms with Gasteiger partial charge in [0.2, 0.25) is 0 Å². The smallest absolute Gasteiger partial charge is 0.407 e. The summed E-state index contributed by atoms with van der Waals surface area (Å²) in [5.74, 6) is 0.509. The third-order valence-corrected chi connectivity index (χ3v) is 4.70. The standard InChI is InChI=1S/C17H28N2O2S/c1-17(2,3)21-16(20)19-11-14-5-4-6-15(14)18-9-7-13-8-10-22-12-13/h8,10,12,14-15,18H,4-7,9,11H2,1-3H3,(H,19,20). The van der Waals surface area contributed by atoms with Crippen LogP contribution in [0.2, 0.25) is 0 Å². The van der Waals surface area contributed by atoms with E-state index in [1.165, 1.54) is 24.8 Å². The molecule has 5 heteroatoms. The molecule has 4 nitrogen and oxygen atoms in total. The normalized spacial score (nSPS) is 21.8. The number of amides is 1. The van der Waals surface area contributed by atoms with Gasteiger partial charge in [-0.15, -0.1) is 0 Å². The van der Waals surface area contributed by atoms with Gasteiger partial charge in [-0.25, -0.2) is 4.79 Å². The summed E-state index contributed by atoms with van der Waals surface area (Å²) in [6.45, 7) is 7.36. The van der Waals surface area contributed by atoms with Crippen LogP contribution >= 0.6 is 11.3 Å². The maximum Gasteiger partial charge on any atom is 0.407 e. The highest BCUT2D eigenvalue weighted by atomic mass is 32.1. The molecule has 2 rings (SSSR count). The summed E-state index contributed by atoms with van der Waals surface area (Å²) in [4.78, 5) is 11.7. The van der Waals surface area contributed by atoms with Gasteiger partial charge < -0.3 is 15.4 Å². The second-order valence-corrected chi connectivity index (χ2v) is 7.80. The van der Waals surface area contributed by atoms with Crippen molar-refractivity contribution in [3.63, 3.8) is 0 Å². The van der Waals surface area contributed by atoms with E-state index in [2.05, 4.69) is 27.5 Å². The molecule has 1 aliphatic rings. The summed E-state index contributed by atoms with van der Waals surface area (Å²) in [5.41, 5.74) is 0.969. The molecule has 1 aromatic rings. The van der Waals surface area contributed by atoms with E-state index in [0.717, 1.165) is 13.0 Å². The lowest BCUT2D eigenvalue weighted by atomic mass is 10.0. The van der Waals surface area contributed by atoms with Gasteiger partial charge in [-0.2, -0.15) is 11.3 Å². The van der Waals surface area contributed by atoms with Crippen LogP contribution in [-0.2, 0) is 11.2 Å². The lowest BCUT2D eigenvalue weighted by Gasteiger charge is -2.23. The second-order valence-electron chi connectivity index (χ2n) is 7.02.